The molecule has 98 valence electrons. The van der Waals surface area contributed by atoms with Crippen LogP contribution in [0.2, 0.25) is 5.02 Å². The average Bonchev–Trinajstić information content (AvgIpc) is 2.43. The molecule has 19 heavy (non-hydrogen) atoms. The Hall–Kier alpha value is -2.07. The molecular formula is C14H13ClN2O2. The van der Waals surface area contributed by atoms with Crippen LogP contribution in [0, 0.1) is 0 Å². The third kappa shape index (κ3) is 3.45. The standard InChI is InChI=1S/C14H13ClN2O2/c1-2-19-13-8-10(7-12(15)14(13)18)3-4-11-5-6-16-9-17-11/h3-9,18H,2H2,1H3/b4-3+. The Morgan fingerprint density at radius 1 is 1.37 bits per heavy atom. The van der Waals surface area contributed by atoms with Gasteiger partial charge in [-0.2, -0.15) is 0 Å². The largest absolute Gasteiger partial charge is 0.503 e. The van der Waals surface area contributed by atoms with Crippen molar-refractivity contribution >= 4 is 23.8 Å². The first-order valence-corrected chi connectivity index (χ1v) is 6.18. The number of phenolic OH excluding ortho intramolecular Hbond substituents is 1. The van der Waals surface area contributed by atoms with Gasteiger partial charge < -0.3 is 9.84 Å². The Morgan fingerprint density at radius 3 is 2.89 bits per heavy atom. The van der Waals surface area contributed by atoms with Crippen LogP contribution >= 0.6 is 11.6 Å². The second kappa shape index (κ2) is 6.20. The first kappa shape index (κ1) is 13.4. The molecule has 1 aromatic carbocycles. The molecule has 0 aliphatic rings. The van der Waals surface area contributed by atoms with Crippen molar-refractivity contribution in [2.24, 2.45) is 0 Å². The number of benzene rings is 1. The van der Waals surface area contributed by atoms with E-state index in [0.29, 0.717) is 12.4 Å². The van der Waals surface area contributed by atoms with Crippen molar-refractivity contribution in [3.63, 3.8) is 0 Å². The summed E-state index contributed by atoms with van der Waals surface area (Å²) in [7, 11) is 0. The number of aromatic nitrogens is 2. The minimum absolute atomic E-state index is 0.0392. The van der Waals surface area contributed by atoms with Gasteiger partial charge in [-0.25, -0.2) is 9.97 Å². The summed E-state index contributed by atoms with van der Waals surface area (Å²) in [5.74, 6) is 0.333. The number of halogens is 1. The summed E-state index contributed by atoms with van der Waals surface area (Å²) in [5.41, 5.74) is 1.61. The molecule has 0 aliphatic heterocycles. The van der Waals surface area contributed by atoms with Crippen LogP contribution in [0.15, 0.2) is 30.7 Å². The molecule has 0 atom stereocenters. The third-order valence-electron chi connectivity index (χ3n) is 2.40. The van der Waals surface area contributed by atoms with Gasteiger partial charge in [0, 0.05) is 6.20 Å². The number of phenols is 1. The lowest BCUT2D eigenvalue weighted by atomic mass is 10.1. The molecule has 0 spiro atoms. The molecule has 0 saturated carbocycles. The molecule has 0 saturated heterocycles. The molecule has 4 nitrogen and oxygen atoms in total. The van der Waals surface area contributed by atoms with Gasteiger partial charge in [0.05, 0.1) is 17.3 Å². The molecule has 1 heterocycles. The van der Waals surface area contributed by atoms with Crippen molar-refractivity contribution < 1.29 is 9.84 Å². The maximum absolute atomic E-state index is 9.74. The molecule has 0 amide bonds. The van der Waals surface area contributed by atoms with Crippen molar-refractivity contribution in [3.05, 3.63) is 47.0 Å². The van der Waals surface area contributed by atoms with Crippen LogP contribution in [0.25, 0.3) is 12.2 Å². The van der Waals surface area contributed by atoms with Gasteiger partial charge in [0.25, 0.3) is 0 Å². The predicted molar refractivity (Wildman–Crippen MR) is 75.2 cm³/mol. The van der Waals surface area contributed by atoms with E-state index in [-0.39, 0.29) is 10.8 Å². The maximum atomic E-state index is 9.74. The monoisotopic (exact) mass is 276 g/mol. The van der Waals surface area contributed by atoms with Gasteiger partial charge in [0.15, 0.2) is 11.5 Å². The van der Waals surface area contributed by atoms with Gasteiger partial charge in [-0.3, -0.25) is 0 Å². The van der Waals surface area contributed by atoms with Gasteiger partial charge in [-0.05, 0) is 36.8 Å². The zero-order valence-corrected chi connectivity index (χ0v) is 11.1. The highest BCUT2D eigenvalue weighted by molar-refractivity contribution is 6.32. The number of hydrogen-bond donors (Lipinski definition) is 1. The topological polar surface area (TPSA) is 55.2 Å². The zero-order chi connectivity index (χ0) is 13.7. The van der Waals surface area contributed by atoms with E-state index >= 15 is 0 Å². The fourth-order valence-electron chi connectivity index (χ4n) is 1.54. The van der Waals surface area contributed by atoms with Crippen LogP contribution in [0.4, 0.5) is 0 Å². The fraction of sp³-hybridized carbons (Fsp3) is 0.143. The normalized spacial score (nSPS) is 10.8. The van der Waals surface area contributed by atoms with E-state index in [9.17, 15) is 5.11 Å². The van der Waals surface area contributed by atoms with E-state index in [4.69, 9.17) is 16.3 Å². The lowest BCUT2D eigenvalue weighted by Gasteiger charge is -2.08. The van der Waals surface area contributed by atoms with Gasteiger partial charge in [-0.1, -0.05) is 17.7 Å². The molecular weight excluding hydrogens is 264 g/mol. The maximum Gasteiger partial charge on any atom is 0.176 e. The van der Waals surface area contributed by atoms with Gasteiger partial charge in [0.2, 0.25) is 0 Å². The summed E-state index contributed by atoms with van der Waals surface area (Å²) < 4.78 is 5.32. The number of ether oxygens (including phenoxy) is 1. The van der Waals surface area contributed by atoms with E-state index in [1.54, 1.807) is 24.4 Å². The lowest BCUT2D eigenvalue weighted by Crippen LogP contribution is -1.92. The van der Waals surface area contributed by atoms with Crippen LogP contribution in [0.3, 0.4) is 0 Å². The Balaban J connectivity index is 2.28. The summed E-state index contributed by atoms with van der Waals surface area (Å²) in [6.45, 7) is 2.31. The molecule has 0 bridgehead atoms. The van der Waals surface area contributed by atoms with Crippen molar-refractivity contribution in [3.8, 4) is 11.5 Å². The first-order valence-electron chi connectivity index (χ1n) is 5.80. The van der Waals surface area contributed by atoms with Crippen LogP contribution in [-0.4, -0.2) is 21.7 Å². The van der Waals surface area contributed by atoms with Crippen LogP contribution in [-0.2, 0) is 0 Å². The first-order chi connectivity index (χ1) is 9.20. The molecule has 0 fully saturated rings. The molecule has 1 N–H and O–H groups in total. The van der Waals surface area contributed by atoms with Crippen molar-refractivity contribution in [1.82, 2.24) is 9.97 Å². The number of rotatable bonds is 4. The summed E-state index contributed by atoms with van der Waals surface area (Å²) in [4.78, 5) is 7.93. The summed E-state index contributed by atoms with van der Waals surface area (Å²) in [6, 6.07) is 5.18. The quantitative estimate of drug-likeness (QED) is 0.930. The lowest BCUT2D eigenvalue weighted by molar-refractivity contribution is 0.318. The third-order valence-corrected chi connectivity index (χ3v) is 2.69. The molecule has 0 unspecified atom stereocenters. The van der Waals surface area contributed by atoms with Crippen LogP contribution < -0.4 is 4.74 Å². The molecule has 2 aromatic rings. The second-order valence-electron chi connectivity index (χ2n) is 3.75. The fourth-order valence-corrected chi connectivity index (χ4v) is 1.76. The van der Waals surface area contributed by atoms with Crippen molar-refractivity contribution in [2.45, 2.75) is 6.92 Å². The number of hydrogen-bond acceptors (Lipinski definition) is 4. The Morgan fingerprint density at radius 2 is 2.21 bits per heavy atom. The predicted octanol–water partition coefficient (Wildman–Crippen LogP) is 3.40. The highest BCUT2D eigenvalue weighted by Gasteiger charge is 2.08. The van der Waals surface area contributed by atoms with Crippen molar-refractivity contribution in [1.29, 1.82) is 0 Å². The highest BCUT2D eigenvalue weighted by atomic mass is 35.5. The smallest absolute Gasteiger partial charge is 0.176 e. The van der Waals surface area contributed by atoms with E-state index in [0.717, 1.165) is 11.3 Å². The van der Waals surface area contributed by atoms with E-state index in [1.807, 2.05) is 19.1 Å². The van der Waals surface area contributed by atoms with E-state index in [1.165, 1.54) is 6.33 Å². The molecule has 2 rings (SSSR count). The Kier molecular flexibility index (Phi) is 4.36. The minimum atomic E-state index is -0.0392. The highest BCUT2D eigenvalue weighted by Crippen LogP contribution is 2.35. The van der Waals surface area contributed by atoms with Crippen LogP contribution in [0.1, 0.15) is 18.2 Å². The van der Waals surface area contributed by atoms with Gasteiger partial charge in [-0.15, -0.1) is 0 Å². The zero-order valence-electron chi connectivity index (χ0n) is 10.4. The molecule has 0 radical (unpaired) electrons. The SMILES string of the molecule is CCOc1cc(/C=C/c2ccncn2)cc(Cl)c1O. The second-order valence-corrected chi connectivity index (χ2v) is 4.16. The summed E-state index contributed by atoms with van der Waals surface area (Å²) in [5, 5.41) is 9.99. The van der Waals surface area contributed by atoms with E-state index in [2.05, 4.69) is 9.97 Å². The van der Waals surface area contributed by atoms with Crippen LogP contribution in [0.5, 0.6) is 11.5 Å². The molecule has 0 aliphatic carbocycles. The number of nitrogens with zero attached hydrogens (tertiary/aromatic N) is 2. The molecule has 5 heteroatoms. The summed E-state index contributed by atoms with van der Waals surface area (Å²) in [6.07, 6.45) is 6.83. The van der Waals surface area contributed by atoms with Gasteiger partial charge in [0.1, 0.15) is 6.33 Å². The van der Waals surface area contributed by atoms with Gasteiger partial charge >= 0.3 is 0 Å². The average molecular weight is 277 g/mol. The Labute approximate surface area is 116 Å². The summed E-state index contributed by atoms with van der Waals surface area (Å²) >= 11 is 5.95. The van der Waals surface area contributed by atoms with E-state index < -0.39 is 0 Å². The Bertz CT molecular complexity index is 585. The van der Waals surface area contributed by atoms with Crippen molar-refractivity contribution in [2.75, 3.05) is 6.61 Å². The number of aromatic hydroxyl groups is 1. The molecule has 1 aromatic heterocycles. The minimum Gasteiger partial charge on any atom is -0.503 e.